The van der Waals surface area contributed by atoms with E-state index in [9.17, 15) is 0 Å². The highest BCUT2D eigenvalue weighted by molar-refractivity contribution is 6.25. The van der Waals surface area contributed by atoms with Gasteiger partial charge in [-0.3, -0.25) is 4.98 Å². The molecule has 52 heavy (non-hydrogen) atoms. The fourth-order valence-electron chi connectivity index (χ4n) is 7.49. The van der Waals surface area contributed by atoms with Crippen LogP contribution in [-0.2, 0) is 0 Å². The highest BCUT2D eigenvalue weighted by atomic mass is 14.9. The van der Waals surface area contributed by atoms with Crippen molar-refractivity contribution in [1.82, 2.24) is 15.0 Å². The van der Waals surface area contributed by atoms with Crippen LogP contribution in [0.2, 0.25) is 0 Å². The van der Waals surface area contributed by atoms with Gasteiger partial charge in [0.1, 0.15) is 0 Å². The number of hydrogen-bond acceptors (Lipinski definition) is 3. The van der Waals surface area contributed by atoms with E-state index in [1.807, 2.05) is 42.6 Å². The zero-order chi connectivity index (χ0) is 34.4. The monoisotopic (exact) mass is 661 g/mol. The van der Waals surface area contributed by atoms with Crippen molar-refractivity contribution in [3.8, 4) is 67.4 Å². The van der Waals surface area contributed by atoms with E-state index in [1.54, 1.807) is 0 Å². The van der Waals surface area contributed by atoms with Crippen LogP contribution in [-0.4, -0.2) is 15.0 Å². The first-order chi connectivity index (χ1) is 25.7. The predicted octanol–water partition coefficient (Wildman–Crippen LogP) is 12.8. The first-order valence-corrected chi connectivity index (χ1v) is 17.6. The molecule has 0 bridgehead atoms. The number of nitrogens with zero attached hydrogens (tertiary/aromatic N) is 3. The van der Waals surface area contributed by atoms with Gasteiger partial charge in [-0.1, -0.05) is 158 Å². The minimum atomic E-state index is 0.697. The average molecular weight is 662 g/mol. The Morgan fingerprint density at radius 3 is 1.58 bits per heavy atom. The van der Waals surface area contributed by atoms with E-state index in [1.165, 1.54) is 49.0 Å². The molecule has 0 saturated heterocycles. The first kappa shape index (κ1) is 29.9. The van der Waals surface area contributed by atoms with E-state index in [-0.39, 0.29) is 0 Å². The summed E-state index contributed by atoms with van der Waals surface area (Å²) >= 11 is 0. The smallest absolute Gasteiger partial charge is 0.160 e. The molecule has 10 rings (SSSR count). The van der Waals surface area contributed by atoms with Crippen molar-refractivity contribution in [2.75, 3.05) is 0 Å². The van der Waals surface area contributed by atoms with Gasteiger partial charge in [0, 0.05) is 28.5 Å². The maximum absolute atomic E-state index is 5.06. The van der Waals surface area contributed by atoms with Gasteiger partial charge in [-0.25, -0.2) is 9.97 Å². The van der Waals surface area contributed by atoms with Gasteiger partial charge < -0.3 is 0 Å². The third-order valence-electron chi connectivity index (χ3n) is 10.1. The number of pyridine rings is 1. The summed E-state index contributed by atoms with van der Waals surface area (Å²) in [7, 11) is 0. The van der Waals surface area contributed by atoms with Crippen LogP contribution < -0.4 is 0 Å². The summed E-state index contributed by atoms with van der Waals surface area (Å²) in [5.41, 5.74) is 11.6. The number of hydrogen-bond donors (Lipinski definition) is 0. The highest BCUT2D eigenvalue weighted by Gasteiger charge is 2.14. The fraction of sp³-hybridized carbons (Fsp3) is 0. The number of benzene rings is 8. The van der Waals surface area contributed by atoms with Crippen molar-refractivity contribution in [2.24, 2.45) is 0 Å². The van der Waals surface area contributed by atoms with Gasteiger partial charge in [0.25, 0.3) is 0 Å². The van der Waals surface area contributed by atoms with Gasteiger partial charge in [-0.2, -0.15) is 0 Å². The summed E-state index contributed by atoms with van der Waals surface area (Å²) in [5.74, 6) is 0.697. The lowest BCUT2D eigenvalue weighted by molar-refractivity contribution is 1.18. The van der Waals surface area contributed by atoms with E-state index < -0.39 is 0 Å². The molecule has 0 aliphatic heterocycles. The lowest BCUT2D eigenvalue weighted by Gasteiger charge is -2.14. The molecular weight excluding hydrogens is 631 g/mol. The largest absolute Gasteiger partial charge is 0.256 e. The van der Waals surface area contributed by atoms with Crippen LogP contribution in [0.15, 0.2) is 188 Å². The normalized spacial score (nSPS) is 11.5. The lowest BCUT2D eigenvalue weighted by atomic mass is 9.89. The third kappa shape index (κ3) is 5.28. The van der Waals surface area contributed by atoms with E-state index >= 15 is 0 Å². The van der Waals surface area contributed by atoms with E-state index in [2.05, 4.69) is 151 Å². The Kier molecular flexibility index (Phi) is 7.14. The molecule has 0 spiro atoms. The second kappa shape index (κ2) is 12.4. The minimum Gasteiger partial charge on any atom is -0.256 e. The van der Waals surface area contributed by atoms with Crippen LogP contribution in [0.5, 0.6) is 0 Å². The van der Waals surface area contributed by atoms with Gasteiger partial charge in [0.05, 0.1) is 17.1 Å². The average Bonchev–Trinajstić information content (AvgIpc) is 3.23. The summed E-state index contributed by atoms with van der Waals surface area (Å²) < 4.78 is 0. The SMILES string of the molecule is c1ccc(-c2nc(-c3ccc(-c4ccc(-c5ccc6ccc7cccc8ccc5c6c78)cc4)cc3)cc(-c3cccc(-c4ccccn4)c3)n2)cc1. The lowest BCUT2D eigenvalue weighted by Crippen LogP contribution is -1.96. The second-order valence-electron chi connectivity index (χ2n) is 13.2. The van der Waals surface area contributed by atoms with Crippen LogP contribution in [0.1, 0.15) is 0 Å². The quantitative estimate of drug-likeness (QED) is 0.166. The Hall–Kier alpha value is -6.97. The molecule has 2 heterocycles. The molecule has 0 amide bonds. The Balaban J connectivity index is 0.992. The van der Waals surface area contributed by atoms with E-state index in [0.29, 0.717) is 5.82 Å². The molecule has 0 N–H and O–H groups in total. The van der Waals surface area contributed by atoms with Crippen molar-refractivity contribution in [3.05, 3.63) is 188 Å². The molecule has 3 heteroatoms. The Bertz CT molecular complexity index is 2850. The summed E-state index contributed by atoms with van der Waals surface area (Å²) in [5, 5.41) is 7.84. The van der Waals surface area contributed by atoms with Crippen molar-refractivity contribution in [1.29, 1.82) is 0 Å². The van der Waals surface area contributed by atoms with E-state index in [4.69, 9.17) is 9.97 Å². The Morgan fingerprint density at radius 2 is 0.865 bits per heavy atom. The van der Waals surface area contributed by atoms with Gasteiger partial charge in [-0.15, -0.1) is 0 Å². The molecule has 0 atom stereocenters. The summed E-state index contributed by atoms with van der Waals surface area (Å²) in [6, 6.07) is 64.4. The molecule has 0 fully saturated rings. The van der Waals surface area contributed by atoms with Crippen LogP contribution in [0.4, 0.5) is 0 Å². The summed E-state index contributed by atoms with van der Waals surface area (Å²) in [6.07, 6.45) is 1.82. The summed E-state index contributed by atoms with van der Waals surface area (Å²) in [6.45, 7) is 0. The van der Waals surface area contributed by atoms with E-state index in [0.717, 1.165) is 44.9 Å². The predicted molar refractivity (Wildman–Crippen MR) is 216 cm³/mol. The van der Waals surface area contributed by atoms with Crippen molar-refractivity contribution < 1.29 is 0 Å². The van der Waals surface area contributed by atoms with Crippen LogP contribution in [0.3, 0.4) is 0 Å². The van der Waals surface area contributed by atoms with Crippen molar-refractivity contribution >= 4 is 32.3 Å². The molecule has 3 nitrogen and oxygen atoms in total. The first-order valence-electron chi connectivity index (χ1n) is 17.6. The number of aromatic nitrogens is 3. The molecule has 0 aliphatic carbocycles. The zero-order valence-electron chi connectivity index (χ0n) is 28.2. The molecule has 8 aromatic carbocycles. The molecule has 10 aromatic rings. The van der Waals surface area contributed by atoms with Gasteiger partial charge in [0.15, 0.2) is 5.82 Å². The fourth-order valence-corrected chi connectivity index (χ4v) is 7.49. The summed E-state index contributed by atoms with van der Waals surface area (Å²) in [4.78, 5) is 14.7. The van der Waals surface area contributed by atoms with Crippen LogP contribution in [0, 0.1) is 0 Å². The Labute approximate surface area is 301 Å². The van der Waals surface area contributed by atoms with Crippen molar-refractivity contribution in [2.45, 2.75) is 0 Å². The Morgan fingerprint density at radius 1 is 0.308 bits per heavy atom. The standard InChI is InChI=1S/C49H31N3/c1-2-8-39(9-3-1)49-51-45(31-46(52-49)41-13-7-12-40(30-41)44-14-4-5-29-50-44)35-21-17-33(18-22-35)32-15-19-34(20-16-32)42-27-25-38-24-23-36-10-6-11-37-26-28-43(42)48(38)47(36)37/h1-31H. The highest BCUT2D eigenvalue weighted by Crippen LogP contribution is 2.40. The molecule has 2 aromatic heterocycles. The maximum Gasteiger partial charge on any atom is 0.160 e. The van der Waals surface area contributed by atoms with Gasteiger partial charge in [-0.05, 0) is 78.8 Å². The molecule has 0 unspecified atom stereocenters. The minimum absolute atomic E-state index is 0.697. The van der Waals surface area contributed by atoms with Crippen LogP contribution >= 0.6 is 0 Å². The molecule has 0 radical (unpaired) electrons. The number of rotatable bonds is 6. The topological polar surface area (TPSA) is 38.7 Å². The van der Waals surface area contributed by atoms with Crippen molar-refractivity contribution in [3.63, 3.8) is 0 Å². The molecular formula is C49H31N3. The second-order valence-corrected chi connectivity index (χ2v) is 13.2. The molecule has 242 valence electrons. The maximum atomic E-state index is 5.06. The molecule has 0 saturated carbocycles. The van der Waals surface area contributed by atoms with Gasteiger partial charge in [0.2, 0.25) is 0 Å². The molecule has 0 aliphatic rings. The van der Waals surface area contributed by atoms with Gasteiger partial charge >= 0.3 is 0 Å². The van der Waals surface area contributed by atoms with Crippen LogP contribution in [0.25, 0.3) is 99.7 Å². The third-order valence-corrected chi connectivity index (χ3v) is 10.1. The zero-order valence-corrected chi connectivity index (χ0v) is 28.2.